The van der Waals surface area contributed by atoms with Crippen molar-refractivity contribution in [3.05, 3.63) is 35.9 Å². The Bertz CT molecular complexity index is 473. The molecule has 2 aliphatic rings. The summed E-state index contributed by atoms with van der Waals surface area (Å²) in [6, 6.07) is 10.7. The molecule has 2 saturated heterocycles. The molecular weight excluding hydrogens is 261 g/mol. The predicted molar refractivity (Wildman–Crippen MR) is 86.2 cm³/mol. The van der Waals surface area contributed by atoms with Crippen LogP contribution in [0.1, 0.15) is 39.7 Å². The second kappa shape index (κ2) is 5.42. The van der Waals surface area contributed by atoms with Gasteiger partial charge in [0.25, 0.3) is 0 Å². The molecule has 0 amide bonds. The van der Waals surface area contributed by atoms with Gasteiger partial charge in [0.05, 0.1) is 11.2 Å². The van der Waals surface area contributed by atoms with Gasteiger partial charge in [-0.15, -0.1) is 0 Å². The summed E-state index contributed by atoms with van der Waals surface area (Å²) in [5.74, 6) is 0.481. The maximum absolute atomic E-state index is 6.20. The Labute approximate surface area is 128 Å². The normalized spacial score (nSPS) is 28.2. The molecule has 1 atom stereocenters. The summed E-state index contributed by atoms with van der Waals surface area (Å²) in [5.41, 5.74) is 0.946. The Hall–Kier alpha value is -0.835. The van der Waals surface area contributed by atoms with Crippen molar-refractivity contribution in [2.24, 2.45) is 0 Å². The molecule has 2 heterocycles. The molecule has 0 bridgehead atoms. The Balaban J connectivity index is 1.58. The van der Waals surface area contributed by atoms with Gasteiger partial charge in [0.15, 0.2) is 0 Å². The van der Waals surface area contributed by atoms with Gasteiger partial charge >= 0.3 is 7.12 Å². The van der Waals surface area contributed by atoms with Crippen LogP contribution in [0.4, 0.5) is 0 Å². The molecular formula is C17H26BNO2. The highest BCUT2D eigenvalue weighted by Crippen LogP contribution is 2.42. The van der Waals surface area contributed by atoms with E-state index in [0.29, 0.717) is 5.82 Å². The summed E-state index contributed by atoms with van der Waals surface area (Å²) in [4.78, 5) is 2.50. The minimum Gasteiger partial charge on any atom is -0.403 e. The van der Waals surface area contributed by atoms with E-state index in [2.05, 4.69) is 62.9 Å². The standard InChI is InChI=1S/C17H26BNO2/c1-16(2)17(3,4)21-18(20-16)15-10-11-19(13-15)12-14-8-6-5-7-9-14/h5-9,15H,10-13H2,1-4H3. The fraction of sp³-hybridized carbons (Fsp3) is 0.647. The smallest absolute Gasteiger partial charge is 0.403 e. The lowest BCUT2D eigenvalue weighted by molar-refractivity contribution is 0.00578. The first-order chi connectivity index (χ1) is 9.87. The largest absolute Gasteiger partial charge is 0.462 e. The predicted octanol–water partition coefficient (Wildman–Crippen LogP) is 3.35. The van der Waals surface area contributed by atoms with Crippen LogP contribution in [0.3, 0.4) is 0 Å². The number of rotatable bonds is 3. The molecule has 114 valence electrons. The van der Waals surface area contributed by atoms with E-state index >= 15 is 0 Å². The van der Waals surface area contributed by atoms with Crippen molar-refractivity contribution in [3.63, 3.8) is 0 Å². The van der Waals surface area contributed by atoms with Gasteiger partial charge in [-0.05, 0) is 52.8 Å². The van der Waals surface area contributed by atoms with E-state index < -0.39 is 0 Å². The van der Waals surface area contributed by atoms with Crippen molar-refractivity contribution < 1.29 is 9.31 Å². The topological polar surface area (TPSA) is 21.7 Å². The summed E-state index contributed by atoms with van der Waals surface area (Å²) < 4.78 is 12.4. The number of benzene rings is 1. The van der Waals surface area contributed by atoms with Gasteiger partial charge in [-0.1, -0.05) is 30.3 Å². The molecule has 0 spiro atoms. The van der Waals surface area contributed by atoms with Crippen molar-refractivity contribution in [2.75, 3.05) is 13.1 Å². The molecule has 4 heteroatoms. The minimum absolute atomic E-state index is 0.0595. The van der Waals surface area contributed by atoms with Gasteiger partial charge in [0, 0.05) is 12.4 Å². The van der Waals surface area contributed by atoms with Crippen molar-refractivity contribution in [1.29, 1.82) is 0 Å². The Morgan fingerprint density at radius 2 is 1.71 bits per heavy atom. The lowest BCUT2D eigenvalue weighted by atomic mass is 9.71. The highest BCUT2D eigenvalue weighted by atomic mass is 16.7. The van der Waals surface area contributed by atoms with E-state index in [-0.39, 0.29) is 18.3 Å². The summed E-state index contributed by atoms with van der Waals surface area (Å²) >= 11 is 0. The van der Waals surface area contributed by atoms with Gasteiger partial charge in [-0.25, -0.2) is 0 Å². The molecule has 3 nitrogen and oxygen atoms in total. The first-order valence-corrected chi connectivity index (χ1v) is 7.99. The van der Waals surface area contributed by atoms with Crippen LogP contribution in [-0.4, -0.2) is 36.3 Å². The van der Waals surface area contributed by atoms with Gasteiger partial charge < -0.3 is 9.31 Å². The summed E-state index contributed by atoms with van der Waals surface area (Å²) in [5, 5.41) is 0. The number of hydrogen-bond acceptors (Lipinski definition) is 3. The van der Waals surface area contributed by atoms with Crippen LogP contribution in [0.2, 0.25) is 5.82 Å². The van der Waals surface area contributed by atoms with E-state index in [1.165, 1.54) is 5.56 Å². The number of likely N-dealkylation sites (tertiary alicyclic amines) is 1. The molecule has 0 radical (unpaired) electrons. The zero-order chi connectivity index (χ0) is 15.1. The average Bonchev–Trinajstić information content (AvgIpc) is 2.94. The quantitative estimate of drug-likeness (QED) is 0.796. The average molecular weight is 287 g/mol. The Morgan fingerprint density at radius 3 is 2.33 bits per heavy atom. The van der Waals surface area contributed by atoms with Gasteiger partial charge in [0.2, 0.25) is 0 Å². The first kappa shape index (κ1) is 15.1. The Morgan fingerprint density at radius 1 is 1.10 bits per heavy atom. The van der Waals surface area contributed by atoms with Crippen molar-refractivity contribution in [1.82, 2.24) is 4.90 Å². The SMILES string of the molecule is CC1(C)OB(C2CCN(Cc3ccccc3)C2)OC1(C)C. The second-order valence-electron chi connectivity index (χ2n) is 7.39. The first-order valence-electron chi connectivity index (χ1n) is 7.99. The van der Waals surface area contributed by atoms with E-state index in [4.69, 9.17) is 9.31 Å². The third kappa shape index (κ3) is 3.03. The maximum atomic E-state index is 6.20. The second-order valence-corrected chi connectivity index (χ2v) is 7.39. The zero-order valence-corrected chi connectivity index (χ0v) is 13.6. The third-order valence-corrected chi connectivity index (χ3v) is 5.21. The van der Waals surface area contributed by atoms with Crippen molar-refractivity contribution in [3.8, 4) is 0 Å². The molecule has 0 aliphatic carbocycles. The van der Waals surface area contributed by atoms with Crippen LogP contribution in [0, 0.1) is 0 Å². The highest BCUT2D eigenvalue weighted by molar-refractivity contribution is 6.47. The van der Waals surface area contributed by atoms with Crippen LogP contribution >= 0.6 is 0 Å². The fourth-order valence-corrected chi connectivity index (χ4v) is 3.15. The van der Waals surface area contributed by atoms with Crippen LogP contribution in [0.5, 0.6) is 0 Å². The molecule has 3 rings (SSSR count). The van der Waals surface area contributed by atoms with Crippen LogP contribution in [0.25, 0.3) is 0 Å². The lowest BCUT2D eigenvalue weighted by Gasteiger charge is -2.32. The molecule has 1 unspecified atom stereocenters. The molecule has 0 aromatic heterocycles. The van der Waals surface area contributed by atoms with Crippen molar-refractivity contribution in [2.45, 2.75) is 57.7 Å². The molecule has 1 aromatic rings. The van der Waals surface area contributed by atoms with Crippen LogP contribution in [0.15, 0.2) is 30.3 Å². The molecule has 1 aromatic carbocycles. The monoisotopic (exact) mass is 287 g/mol. The summed E-state index contributed by atoms with van der Waals surface area (Å²) in [6.07, 6.45) is 1.16. The summed E-state index contributed by atoms with van der Waals surface area (Å²) in [6.45, 7) is 11.7. The minimum atomic E-state index is -0.218. The highest BCUT2D eigenvalue weighted by Gasteiger charge is 2.54. The van der Waals surface area contributed by atoms with E-state index in [1.807, 2.05) is 0 Å². The fourth-order valence-electron chi connectivity index (χ4n) is 3.15. The number of nitrogens with zero attached hydrogens (tertiary/aromatic N) is 1. The van der Waals surface area contributed by atoms with E-state index in [1.54, 1.807) is 0 Å². The lowest BCUT2D eigenvalue weighted by Crippen LogP contribution is -2.41. The number of hydrogen-bond donors (Lipinski definition) is 0. The molecule has 2 aliphatic heterocycles. The van der Waals surface area contributed by atoms with Gasteiger partial charge in [0.1, 0.15) is 0 Å². The Kier molecular flexibility index (Phi) is 3.89. The maximum Gasteiger partial charge on any atom is 0.462 e. The van der Waals surface area contributed by atoms with Crippen LogP contribution < -0.4 is 0 Å². The van der Waals surface area contributed by atoms with Gasteiger partial charge in [-0.2, -0.15) is 0 Å². The zero-order valence-electron chi connectivity index (χ0n) is 13.6. The summed E-state index contributed by atoms with van der Waals surface area (Å²) in [7, 11) is -0.0595. The van der Waals surface area contributed by atoms with Crippen molar-refractivity contribution >= 4 is 7.12 Å². The molecule has 2 fully saturated rings. The molecule has 21 heavy (non-hydrogen) atoms. The van der Waals surface area contributed by atoms with Gasteiger partial charge in [-0.3, -0.25) is 4.90 Å². The van der Waals surface area contributed by atoms with E-state index in [9.17, 15) is 0 Å². The van der Waals surface area contributed by atoms with E-state index in [0.717, 1.165) is 26.1 Å². The molecule has 0 saturated carbocycles. The third-order valence-electron chi connectivity index (χ3n) is 5.21. The molecule has 0 N–H and O–H groups in total. The van der Waals surface area contributed by atoms with Crippen LogP contribution in [-0.2, 0) is 15.9 Å².